The Morgan fingerprint density at radius 1 is 1.26 bits per heavy atom. The summed E-state index contributed by atoms with van der Waals surface area (Å²) in [6, 6.07) is 1.94. The average molecular weight is 293 g/mol. The number of piperidine rings is 1. The number of nitrogens with zero attached hydrogens (tertiary/aromatic N) is 2. The fraction of sp³-hybridized carbons (Fsp3) is 0.615. The highest BCUT2D eigenvalue weighted by molar-refractivity contribution is 6.29. The van der Waals surface area contributed by atoms with E-state index in [2.05, 4.69) is 18.8 Å². The molecule has 0 aliphatic carbocycles. The quantitative estimate of drug-likeness (QED) is 0.720. The number of anilines is 1. The highest BCUT2D eigenvalue weighted by atomic mass is 35.5. The molecule has 2 heterocycles. The third-order valence-corrected chi connectivity index (χ3v) is 3.96. The molecule has 6 heteroatoms. The van der Waals surface area contributed by atoms with Crippen LogP contribution >= 0.6 is 11.6 Å². The van der Waals surface area contributed by atoms with Crippen molar-refractivity contribution in [1.82, 2.24) is 4.98 Å². The van der Waals surface area contributed by atoms with Crippen molar-refractivity contribution in [2.75, 3.05) is 18.0 Å². The summed E-state index contributed by atoms with van der Waals surface area (Å²) >= 11 is 5.70. The van der Waals surface area contributed by atoms with E-state index in [-0.39, 0.29) is 5.15 Å². The molecule has 0 radical (unpaired) electrons. The van der Waals surface area contributed by atoms with Gasteiger partial charge in [0.1, 0.15) is 11.0 Å². The standard InChI is InChI=1S/C13H16ClF3N2/c1-8-3-4-19(7-9(8)2)12-6-10(13(15,16)17)5-11(14)18-12/h5-6,8-9H,3-4,7H2,1-2H3. The van der Waals surface area contributed by atoms with Crippen LogP contribution in [0.4, 0.5) is 19.0 Å². The first-order valence-electron chi connectivity index (χ1n) is 6.27. The van der Waals surface area contributed by atoms with Crippen LogP contribution in [-0.2, 0) is 6.18 Å². The Balaban J connectivity index is 2.28. The van der Waals surface area contributed by atoms with Crippen molar-refractivity contribution in [2.45, 2.75) is 26.4 Å². The molecule has 106 valence electrons. The van der Waals surface area contributed by atoms with Crippen molar-refractivity contribution >= 4 is 17.4 Å². The van der Waals surface area contributed by atoms with Gasteiger partial charge < -0.3 is 4.90 Å². The van der Waals surface area contributed by atoms with Crippen LogP contribution < -0.4 is 4.90 Å². The minimum atomic E-state index is -4.39. The summed E-state index contributed by atoms with van der Waals surface area (Å²) in [5.74, 6) is 1.33. The maximum absolute atomic E-state index is 12.7. The number of alkyl halides is 3. The van der Waals surface area contributed by atoms with Crippen LogP contribution in [0.5, 0.6) is 0 Å². The Morgan fingerprint density at radius 3 is 2.53 bits per heavy atom. The van der Waals surface area contributed by atoms with Crippen molar-refractivity contribution in [1.29, 1.82) is 0 Å². The molecule has 2 atom stereocenters. The molecule has 0 N–H and O–H groups in total. The number of aromatic nitrogens is 1. The second-order valence-corrected chi connectivity index (χ2v) is 5.61. The largest absolute Gasteiger partial charge is 0.416 e. The van der Waals surface area contributed by atoms with Gasteiger partial charge in [-0.25, -0.2) is 4.98 Å². The molecule has 1 aromatic heterocycles. The molecule has 1 saturated heterocycles. The SMILES string of the molecule is CC1CCN(c2cc(C(F)(F)F)cc(Cl)n2)CC1C. The molecule has 0 saturated carbocycles. The van der Waals surface area contributed by atoms with Crippen LogP contribution in [0.25, 0.3) is 0 Å². The number of hydrogen-bond donors (Lipinski definition) is 0. The Morgan fingerprint density at radius 2 is 1.95 bits per heavy atom. The van der Waals surface area contributed by atoms with Crippen LogP contribution in [0.1, 0.15) is 25.8 Å². The van der Waals surface area contributed by atoms with E-state index in [0.29, 0.717) is 24.2 Å². The summed E-state index contributed by atoms with van der Waals surface area (Å²) < 4.78 is 38.2. The minimum absolute atomic E-state index is 0.115. The fourth-order valence-corrected chi connectivity index (χ4v) is 2.48. The van der Waals surface area contributed by atoms with Gasteiger partial charge in [0, 0.05) is 13.1 Å². The van der Waals surface area contributed by atoms with Crippen molar-refractivity contribution in [2.24, 2.45) is 11.8 Å². The molecule has 0 spiro atoms. The van der Waals surface area contributed by atoms with Gasteiger partial charge in [-0.15, -0.1) is 0 Å². The maximum atomic E-state index is 12.7. The van der Waals surface area contributed by atoms with Crippen molar-refractivity contribution < 1.29 is 13.2 Å². The number of halogens is 4. The molecule has 1 aliphatic rings. The smallest absolute Gasteiger partial charge is 0.356 e. The molecule has 0 aromatic carbocycles. The fourth-order valence-electron chi connectivity index (χ4n) is 2.28. The molecule has 1 aromatic rings. The van der Waals surface area contributed by atoms with Crippen molar-refractivity contribution in [3.63, 3.8) is 0 Å². The first-order chi connectivity index (χ1) is 8.77. The van der Waals surface area contributed by atoms with E-state index in [4.69, 9.17) is 11.6 Å². The van der Waals surface area contributed by atoms with Gasteiger partial charge in [0.25, 0.3) is 0 Å². The third-order valence-electron chi connectivity index (χ3n) is 3.77. The Labute approximate surface area is 115 Å². The number of pyridine rings is 1. The molecule has 2 unspecified atom stereocenters. The topological polar surface area (TPSA) is 16.1 Å². The van der Waals surface area contributed by atoms with E-state index in [1.54, 1.807) is 0 Å². The van der Waals surface area contributed by atoms with Gasteiger partial charge >= 0.3 is 6.18 Å². The zero-order valence-electron chi connectivity index (χ0n) is 10.8. The Kier molecular flexibility index (Phi) is 3.95. The summed E-state index contributed by atoms with van der Waals surface area (Å²) in [4.78, 5) is 5.90. The van der Waals surface area contributed by atoms with Crippen LogP contribution in [0.15, 0.2) is 12.1 Å². The Hall–Kier alpha value is -0.970. The van der Waals surface area contributed by atoms with E-state index in [0.717, 1.165) is 25.1 Å². The van der Waals surface area contributed by atoms with Crippen LogP contribution in [0, 0.1) is 11.8 Å². The van der Waals surface area contributed by atoms with Gasteiger partial charge in [-0.3, -0.25) is 0 Å². The summed E-state index contributed by atoms with van der Waals surface area (Å²) in [6.45, 7) is 5.70. The van der Waals surface area contributed by atoms with Gasteiger partial charge in [0.05, 0.1) is 5.56 Å². The minimum Gasteiger partial charge on any atom is -0.356 e. The second-order valence-electron chi connectivity index (χ2n) is 5.22. The van der Waals surface area contributed by atoms with Crippen LogP contribution in [-0.4, -0.2) is 18.1 Å². The van der Waals surface area contributed by atoms with E-state index < -0.39 is 11.7 Å². The van der Waals surface area contributed by atoms with Crippen molar-refractivity contribution in [3.8, 4) is 0 Å². The predicted octanol–water partition coefficient (Wildman–Crippen LogP) is 4.24. The lowest BCUT2D eigenvalue weighted by Gasteiger charge is -2.36. The summed E-state index contributed by atoms with van der Waals surface area (Å²) in [5.41, 5.74) is -0.742. The normalized spacial score (nSPS) is 24.6. The first-order valence-corrected chi connectivity index (χ1v) is 6.65. The molecule has 0 bridgehead atoms. The van der Waals surface area contributed by atoms with E-state index >= 15 is 0 Å². The first kappa shape index (κ1) is 14.4. The van der Waals surface area contributed by atoms with Gasteiger partial charge in [-0.05, 0) is 30.4 Å². The predicted molar refractivity (Wildman–Crippen MR) is 69.4 cm³/mol. The number of rotatable bonds is 1. The molecule has 19 heavy (non-hydrogen) atoms. The zero-order chi connectivity index (χ0) is 14.2. The Bertz CT molecular complexity index is 462. The number of hydrogen-bond acceptors (Lipinski definition) is 2. The lowest BCUT2D eigenvalue weighted by molar-refractivity contribution is -0.137. The molecule has 1 aliphatic heterocycles. The molecule has 2 rings (SSSR count). The van der Waals surface area contributed by atoms with Gasteiger partial charge in [-0.1, -0.05) is 25.4 Å². The van der Waals surface area contributed by atoms with Crippen LogP contribution in [0.2, 0.25) is 5.15 Å². The molecular weight excluding hydrogens is 277 g/mol. The molecule has 2 nitrogen and oxygen atoms in total. The van der Waals surface area contributed by atoms with Crippen LogP contribution in [0.3, 0.4) is 0 Å². The van der Waals surface area contributed by atoms with Gasteiger partial charge in [-0.2, -0.15) is 13.2 Å². The monoisotopic (exact) mass is 292 g/mol. The average Bonchev–Trinajstić information content (AvgIpc) is 2.31. The lowest BCUT2D eigenvalue weighted by atomic mass is 9.89. The lowest BCUT2D eigenvalue weighted by Crippen LogP contribution is -2.39. The summed E-state index contributed by atoms with van der Waals surface area (Å²) in [6.07, 6.45) is -3.44. The van der Waals surface area contributed by atoms with Crippen molar-refractivity contribution in [3.05, 3.63) is 22.8 Å². The summed E-state index contributed by atoms with van der Waals surface area (Å²) in [5, 5.41) is -0.115. The van der Waals surface area contributed by atoms with Gasteiger partial charge in [0.2, 0.25) is 0 Å². The molecule has 0 amide bonds. The summed E-state index contributed by atoms with van der Waals surface area (Å²) in [7, 11) is 0. The molecular formula is C13H16ClF3N2. The van der Waals surface area contributed by atoms with E-state index in [9.17, 15) is 13.2 Å². The highest BCUT2D eigenvalue weighted by Gasteiger charge is 2.33. The second kappa shape index (κ2) is 5.19. The van der Waals surface area contributed by atoms with Gasteiger partial charge in [0.15, 0.2) is 0 Å². The molecule has 1 fully saturated rings. The zero-order valence-corrected chi connectivity index (χ0v) is 11.6. The third kappa shape index (κ3) is 3.32. The maximum Gasteiger partial charge on any atom is 0.416 e. The highest BCUT2D eigenvalue weighted by Crippen LogP contribution is 2.34. The van der Waals surface area contributed by atoms with E-state index in [1.807, 2.05) is 4.90 Å². The van der Waals surface area contributed by atoms with E-state index in [1.165, 1.54) is 0 Å².